The summed E-state index contributed by atoms with van der Waals surface area (Å²) in [5.74, 6) is 0.320. The molecular weight excluding hydrogens is 330 g/mol. The topological polar surface area (TPSA) is 49.6 Å². The average molecular weight is 352 g/mol. The van der Waals surface area contributed by atoms with Gasteiger partial charge >= 0.3 is 0 Å². The first-order chi connectivity index (χ1) is 10.1. The molecule has 2 aliphatic rings. The molecule has 5 heteroatoms. The molecular formula is C16H22BrN3O. The van der Waals surface area contributed by atoms with Crippen LogP contribution in [0.25, 0.3) is 0 Å². The van der Waals surface area contributed by atoms with Crippen molar-refractivity contribution in [3.8, 4) is 0 Å². The predicted octanol–water partition coefficient (Wildman–Crippen LogP) is 2.14. The van der Waals surface area contributed by atoms with E-state index >= 15 is 0 Å². The van der Waals surface area contributed by atoms with Gasteiger partial charge in [0.25, 0.3) is 0 Å². The summed E-state index contributed by atoms with van der Waals surface area (Å²) in [6.45, 7) is 4.75. The number of fused-ring (bicyclic) bond motifs is 1. The van der Waals surface area contributed by atoms with Crippen LogP contribution in [0.3, 0.4) is 0 Å². The van der Waals surface area contributed by atoms with Gasteiger partial charge in [0, 0.05) is 48.7 Å². The lowest BCUT2D eigenvalue weighted by atomic mass is 9.97. The van der Waals surface area contributed by atoms with Crippen LogP contribution >= 0.6 is 15.9 Å². The molecule has 3 atom stereocenters. The molecule has 3 rings (SSSR count). The third-order valence-electron chi connectivity index (χ3n) is 4.63. The third-order valence-corrected chi connectivity index (χ3v) is 5.16. The summed E-state index contributed by atoms with van der Waals surface area (Å²) in [5, 5.41) is 0. The number of carbonyl (C=O) groups excluding carboxylic acids is 1. The van der Waals surface area contributed by atoms with Crippen molar-refractivity contribution < 1.29 is 4.79 Å². The van der Waals surface area contributed by atoms with Crippen molar-refractivity contribution in [2.75, 3.05) is 19.6 Å². The molecule has 0 radical (unpaired) electrons. The SMILES string of the molecule is CC(N)C(c1ccc(Br)cc1)N1CCN2C(=O)CCC2C1. The second kappa shape index (κ2) is 6.07. The minimum Gasteiger partial charge on any atom is -0.337 e. The molecule has 1 aromatic carbocycles. The average Bonchev–Trinajstić information content (AvgIpc) is 2.82. The summed E-state index contributed by atoms with van der Waals surface area (Å²) in [4.78, 5) is 16.3. The van der Waals surface area contributed by atoms with Crippen molar-refractivity contribution in [2.24, 2.45) is 5.73 Å². The van der Waals surface area contributed by atoms with E-state index in [1.54, 1.807) is 0 Å². The Hall–Kier alpha value is -0.910. The first-order valence-electron chi connectivity index (χ1n) is 7.61. The van der Waals surface area contributed by atoms with Gasteiger partial charge in [0.1, 0.15) is 0 Å². The van der Waals surface area contributed by atoms with Crippen LogP contribution < -0.4 is 5.73 Å². The Kier molecular flexibility index (Phi) is 4.33. The zero-order valence-electron chi connectivity index (χ0n) is 12.3. The highest BCUT2D eigenvalue weighted by Crippen LogP contribution is 2.30. The van der Waals surface area contributed by atoms with Gasteiger partial charge in [0.05, 0.1) is 0 Å². The van der Waals surface area contributed by atoms with Crippen LogP contribution in [0.5, 0.6) is 0 Å². The molecule has 0 saturated carbocycles. The van der Waals surface area contributed by atoms with Crippen molar-refractivity contribution in [3.05, 3.63) is 34.3 Å². The molecule has 0 spiro atoms. The Morgan fingerprint density at radius 1 is 1.29 bits per heavy atom. The van der Waals surface area contributed by atoms with Crippen LogP contribution in [0.15, 0.2) is 28.7 Å². The normalized spacial score (nSPS) is 25.8. The van der Waals surface area contributed by atoms with E-state index in [1.165, 1.54) is 5.56 Å². The van der Waals surface area contributed by atoms with Crippen LogP contribution in [-0.2, 0) is 4.79 Å². The first kappa shape index (κ1) is 15.0. The van der Waals surface area contributed by atoms with Crippen molar-refractivity contribution in [3.63, 3.8) is 0 Å². The van der Waals surface area contributed by atoms with E-state index in [2.05, 4.69) is 56.9 Å². The number of rotatable bonds is 3. The van der Waals surface area contributed by atoms with Crippen molar-refractivity contribution in [1.82, 2.24) is 9.80 Å². The summed E-state index contributed by atoms with van der Waals surface area (Å²) in [6.07, 6.45) is 1.70. The quantitative estimate of drug-likeness (QED) is 0.907. The van der Waals surface area contributed by atoms with Crippen LogP contribution in [0, 0.1) is 0 Å². The van der Waals surface area contributed by atoms with E-state index in [0.717, 1.165) is 30.5 Å². The smallest absolute Gasteiger partial charge is 0.222 e. The highest BCUT2D eigenvalue weighted by atomic mass is 79.9. The Morgan fingerprint density at radius 2 is 2.00 bits per heavy atom. The fourth-order valence-corrected chi connectivity index (χ4v) is 3.91. The third kappa shape index (κ3) is 3.00. The van der Waals surface area contributed by atoms with E-state index < -0.39 is 0 Å². The molecule has 114 valence electrons. The highest BCUT2D eigenvalue weighted by Gasteiger charge is 2.38. The van der Waals surface area contributed by atoms with E-state index in [9.17, 15) is 4.79 Å². The molecule has 0 bridgehead atoms. The Labute approximate surface area is 134 Å². The molecule has 2 saturated heterocycles. The van der Waals surface area contributed by atoms with Gasteiger partial charge in [-0.05, 0) is 31.0 Å². The van der Waals surface area contributed by atoms with Gasteiger partial charge in [-0.15, -0.1) is 0 Å². The monoisotopic (exact) mass is 351 g/mol. The maximum atomic E-state index is 11.8. The van der Waals surface area contributed by atoms with Crippen LogP contribution in [0.2, 0.25) is 0 Å². The number of halogens is 1. The number of carbonyl (C=O) groups is 1. The predicted molar refractivity (Wildman–Crippen MR) is 86.8 cm³/mol. The summed E-state index contributed by atoms with van der Waals surface area (Å²) in [7, 11) is 0. The molecule has 21 heavy (non-hydrogen) atoms. The second-order valence-corrected chi connectivity index (χ2v) is 7.05. The minimum atomic E-state index is 0.0647. The second-order valence-electron chi connectivity index (χ2n) is 6.13. The first-order valence-corrected chi connectivity index (χ1v) is 8.40. The zero-order valence-corrected chi connectivity index (χ0v) is 13.9. The lowest BCUT2D eigenvalue weighted by Gasteiger charge is -2.43. The van der Waals surface area contributed by atoms with Crippen LogP contribution in [0.4, 0.5) is 0 Å². The molecule has 0 aliphatic carbocycles. The molecule has 3 unspecified atom stereocenters. The standard InChI is InChI=1S/C16H22BrN3O/c1-11(18)16(12-2-4-13(17)5-3-12)19-8-9-20-14(10-19)6-7-15(20)21/h2-5,11,14,16H,6-10,18H2,1H3. The number of nitrogens with two attached hydrogens (primary N) is 1. The largest absolute Gasteiger partial charge is 0.337 e. The maximum Gasteiger partial charge on any atom is 0.222 e. The maximum absolute atomic E-state index is 11.8. The number of hydrogen-bond acceptors (Lipinski definition) is 3. The van der Waals surface area contributed by atoms with E-state index in [-0.39, 0.29) is 12.1 Å². The summed E-state index contributed by atoms with van der Waals surface area (Å²) < 4.78 is 1.08. The van der Waals surface area contributed by atoms with Gasteiger partial charge in [-0.2, -0.15) is 0 Å². The van der Waals surface area contributed by atoms with Crippen molar-refractivity contribution >= 4 is 21.8 Å². The minimum absolute atomic E-state index is 0.0647. The van der Waals surface area contributed by atoms with Gasteiger partial charge in [0.2, 0.25) is 5.91 Å². The summed E-state index contributed by atoms with van der Waals surface area (Å²) in [5.41, 5.74) is 7.52. The molecule has 4 nitrogen and oxygen atoms in total. The van der Waals surface area contributed by atoms with Gasteiger partial charge in [0.15, 0.2) is 0 Å². The van der Waals surface area contributed by atoms with Crippen LogP contribution in [-0.4, -0.2) is 47.4 Å². The van der Waals surface area contributed by atoms with Gasteiger partial charge in [-0.25, -0.2) is 0 Å². The molecule has 1 aromatic rings. The Morgan fingerprint density at radius 3 is 2.67 bits per heavy atom. The van der Waals surface area contributed by atoms with Crippen molar-refractivity contribution in [2.45, 2.75) is 37.9 Å². The van der Waals surface area contributed by atoms with E-state index in [4.69, 9.17) is 5.73 Å². The Balaban J connectivity index is 1.79. The summed E-state index contributed by atoms with van der Waals surface area (Å²) >= 11 is 3.48. The summed E-state index contributed by atoms with van der Waals surface area (Å²) in [6, 6.07) is 9.09. The molecule has 0 aromatic heterocycles. The molecule has 2 heterocycles. The number of nitrogens with zero attached hydrogens (tertiary/aromatic N) is 2. The van der Waals surface area contributed by atoms with E-state index in [0.29, 0.717) is 18.4 Å². The van der Waals surface area contributed by atoms with Gasteiger partial charge in [-0.1, -0.05) is 28.1 Å². The lowest BCUT2D eigenvalue weighted by Crippen LogP contribution is -2.54. The fraction of sp³-hybridized carbons (Fsp3) is 0.562. The highest BCUT2D eigenvalue weighted by molar-refractivity contribution is 9.10. The Bertz CT molecular complexity index is 517. The van der Waals surface area contributed by atoms with Crippen LogP contribution in [0.1, 0.15) is 31.4 Å². The van der Waals surface area contributed by atoms with Gasteiger partial charge < -0.3 is 10.6 Å². The number of hydrogen-bond donors (Lipinski definition) is 1. The fourth-order valence-electron chi connectivity index (χ4n) is 3.65. The number of amides is 1. The van der Waals surface area contributed by atoms with E-state index in [1.807, 2.05) is 0 Å². The number of benzene rings is 1. The molecule has 2 aliphatic heterocycles. The molecule has 2 N–H and O–H groups in total. The number of piperazine rings is 1. The van der Waals surface area contributed by atoms with Gasteiger partial charge in [-0.3, -0.25) is 9.69 Å². The van der Waals surface area contributed by atoms with Crippen molar-refractivity contribution in [1.29, 1.82) is 0 Å². The zero-order chi connectivity index (χ0) is 15.0. The lowest BCUT2D eigenvalue weighted by molar-refractivity contribution is -0.131. The molecule has 2 fully saturated rings. The molecule has 1 amide bonds.